The second-order valence-corrected chi connectivity index (χ2v) is 3.04. The maximum absolute atomic E-state index is 10.4. The second kappa shape index (κ2) is 3.52. The number of hydrogen-bond donors (Lipinski definition) is 2. The van der Waals surface area contributed by atoms with Crippen molar-refractivity contribution in [1.82, 2.24) is 19.8 Å². The van der Waals surface area contributed by atoms with Crippen LogP contribution in [0.5, 0.6) is 0 Å². The lowest BCUT2D eigenvalue weighted by Gasteiger charge is -1.97. The van der Waals surface area contributed by atoms with Crippen molar-refractivity contribution in [3.63, 3.8) is 0 Å². The molecule has 0 fully saturated rings. The molecule has 0 atom stereocenters. The van der Waals surface area contributed by atoms with Gasteiger partial charge in [-0.3, -0.25) is 4.79 Å². The van der Waals surface area contributed by atoms with Crippen molar-refractivity contribution in [2.24, 2.45) is 0 Å². The molecule has 78 valence electrons. The number of rotatable bonds is 3. The van der Waals surface area contributed by atoms with E-state index < -0.39 is 5.97 Å². The van der Waals surface area contributed by atoms with Gasteiger partial charge in [-0.1, -0.05) is 0 Å². The van der Waals surface area contributed by atoms with Gasteiger partial charge in [-0.25, -0.2) is 0 Å². The molecule has 0 aromatic carbocycles. The Bertz CT molecular complexity index is 507. The highest BCUT2D eigenvalue weighted by Crippen LogP contribution is 2.05. The Kier molecular flexibility index (Phi) is 2.20. The molecule has 0 unspecified atom stereocenters. The second-order valence-electron chi connectivity index (χ2n) is 3.04. The van der Waals surface area contributed by atoms with Gasteiger partial charge in [0.15, 0.2) is 11.5 Å². The molecule has 2 aromatic rings. The van der Waals surface area contributed by atoms with Crippen molar-refractivity contribution >= 4 is 17.4 Å². The number of aromatic nitrogens is 4. The standard InChI is InChI=1S/C8H9N5O2/c9-5-1-2-6-10-11-7(13(6)12-5)3-4-8(14)15/h1-2H,3-4H2,(H2,9,12)(H,14,15). The number of nitrogens with zero attached hydrogens (tertiary/aromatic N) is 4. The van der Waals surface area contributed by atoms with Gasteiger partial charge in [0.2, 0.25) is 0 Å². The van der Waals surface area contributed by atoms with Gasteiger partial charge in [-0.2, -0.15) is 4.52 Å². The van der Waals surface area contributed by atoms with Crippen molar-refractivity contribution in [1.29, 1.82) is 0 Å². The zero-order valence-electron chi connectivity index (χ0n) is 7.79. The van der Waals surface area contributed by atoms with Gasteiger partial charge < -0.3 is 10.8 Å². The first-order valence-electron chi connectivity index (χ1n) is 4.35. The summed E-state index contributed by atoms with van der Waals surface area (Å²) in [5.41, 5.74) is 6.06. The Balaban J connectivity index is 2.35. The molecule has 0 radical (unpaired) electrons. The van der Waals surface area contributed by atoms with Crippen LogP contribution >= 0.6 is 0 Å². The molecule has 0 spiro atoms. The van der Waals surface area contributed by atoms with E-state index in [2.05, 4.69) is 15.3 Å². The number of carboxylic acids is 1. The Morgan fingerprint density at radius 3 is 3.00 bits per heavy atom. The van der Waals surface area contributed by atoms with Crippen LogP contribution in [0.1, 0.15) is 12.2 Å². The highest BCUT2D eigenvalue weighted by molar-refractivity contribution is 5.66. The fraction of sp³-hybridized carbons (Fsp3) is 0.250. The maximum atomic E-state index is 10.4. The van der Waals surface area contributed by atoms with E-state index in [0.717, 1.165) is 0 Å². The smallest absolute Gasteiger partial charge is 0.303 e. The number of hydrogen-bond acceptors (Lipinski definition) is 5. The topological polar surface area (TPSA) is 106 Å². The van der Waals surface area contributed by atoms with Crippen LogP contribution in [0.3, 0.4) is 0 Å². The summed E-state index contributed by atoms with van der Waals surface area (Å²) in [4.78, 5) is 10.4. The Hall–Kier alpha value is -2.18. The fourth-order valence-corrected chi connectivity index (χ4v) is 1.22. The number of anilines is 1. The average molecular weight is 207 g/mol. The Morgan fingerprint density at radius 1 is 1.47 bits per heavy atom. The summed E-state index contributed by atoms with van der Waals surface area (Å²) in [6.45, 7) is 0. The molecule has 0 aliphatic heterocycles. The molecule has 0 aliphatic carbocycles. The average Bonchev–Trinajstić information content (AvgIpc) is 2.57. The van der Waals surface area contributed by atoms with Gasteiger partial charge >= 0.3 is 5.97 Å². The minimum atomic E-state index is -0.879. The van der Waals surface area contributed by atoms with Gasteiger partial charge in [0.05, 0.1) is 6.42 Å². The summed E-state index contributed by atoms with van der Waals surface area (Å²) < 4.78 is 1.46. The van der Waals surface area contributed by atoms with Crippen LogP contribution in [0.4, 0.5) is 5.82 Å². The van der Waals surface area contributed by atoms with E-state index in [1.807, 2.05) is 0 Å². The normalized spacial score (nSPS) is 10.7. The monoisotopic (exact) mass is 207 g/mol. The van der Waals surface area contributed by atoms with E-state index >= 15 is 0 Å². The molecule has 0 saturated carbocycles. The van der Waals surface area contributed by atoms with Gasteiger partial charge in [0.1, 0.15) is 5.82 Å². The van der Waals surface area contributed by atoms with Gasteiger partial charge in [0, 0.05) is 6.42 Å². The molecule has 3 N–H and O–H groups in total. The molecule has 0 bridgehead atoms. The van der Waals surface area contributed by atoms with Gasteiger partial charge in [-0.05, 0) is 12.1 Å². The molecule has 2 rings (SSSR count). The van der Waals surface area contributed by atoms with Crippen molar-refractivity contribution < 1.29 is 9.90 Å². The minimum absolute atomic E-state index is 0.00271. The lowest BCUT2D eigenvalue weighted by molar-refractivity contribution is -0.137. The third-order valence-electron chi connectivity index (χ3n) is 1.91. The van der Waals surface area contributed by atoms with Crippen LogP contribution in [0.15, 0.2) is 12.1 Å². The highest BCUT2D eigenvalue weighted by atomic mass is 16.4. The van der Waals surface area contributed by atoms with E-state index in [9.17, 15) is 4.79 Å². The number of aryl methyl sites for hydroxylation is 1. The van der Waals surface area contributed by atoms with Crippen LogP contribution in [0.2, 0.25) is 0 Å². The largest absolute Gasteiger partial charge is 0.481 e. The molecule has 7 heteroatoms. The first-order chi connectivity index (χ1) is 7.16. The summed E-state index contributed by atoms with van der Waals surface area (Å²) in [5.74, 6) is -0.0331. The summed E-state index contributed by atoms with van der Waals surface area (Å²) >= 11 is 0. The third kappa shape index (κ3) is 1.85. The molecule has 15 heavy (non-hydrogen) atoms. The number of carbonyl (C=O) groups is 1. The van der Waals surface area contributed by atoms with E-state index in [0.29, 0.717) is 17.3 Å². The molecular weight excluding hydrogens is 198 g/mol. The van der Waals surface area contributed by atoms with E-state index in [4.69, 9.17) is 10.8 Å². The number of aliphatic carboxylic acids is 1. The molecule has 0 saturated heterocycles. The SMILES string of the molecule is Nc1ccc2nnc(CCC(=O)O)n2n1. The van der Waals surface area contributed by atoms with Crippen molar-refractivity contribution in [2.45, 2.75) is 12.8 Å². The maximum Gasteiger partial charge on any atom is 0.303 e. The molecular formula is C8H9N5O2. The van der Waals surface area contributed by atoms with Gasteiger partial charge in [0.25, 0.3) is 0 Å². The van der Waals surface area contributed by atoms with Crippen LogP contribution in [0, 0.1) is 0 Å². The number of fused-ring (bicyclic) bond motifs is 1. The lowest BCUT2D eigenvalue weighted by atomic mass is 10.3. The first kappa shape index (κ1) is 9.38. The van der Waals surface area contributed by atoms with Crippen molar-refractivity contribution in [3.8, 4) is 0 Å². The van der Waals surface area contributed by atoms with E-state index in [1.165, 1.54) is 4.52 Å². The zero-order valence-corrected chi connectivity index (χ0v) is 7.79. The number of nitrogen functional groups attached to an aromatic ring is 1. The quantitative estimate of drug-likeness (QED) is 0.717. The van der Waals surface area contributed by atoms with E-state index in [-0.39, 0.29) is 12.8 Å². The predicted octanol–water partition coefficient (Wildman–Crippen LogP) is -0.276. The highest BCUT2D eigenvalue weighted by Gasteiger charge is 2.08. The number of nitrogens with two attached hydrogens (primary N) is 1. The number of carboxylic acid groups (broad SMARTS) is 1. The van der Waals surface area contributed by atoms with Crippen molar-refractivity contribution in [3.05, 3.63) is 18.0 Å². The molecule has 0 aliphatic rings. The fourth-order valence-electron chi connectivity index (χ4n) is 1.22. The van der Waals surface area contributed by atoms with Crippen LogP contribution in [-0.4, -0.2) is 30.9 Å². The minimum Gasteiger partial charge on any atom is -0.481 e. The van der Waals surface area contributed by atoms with Crippen molar-refractivity contribution in [2.75, 3.05) is 5.73 Å². The summed E-state index contributed by atoms with van der Waals surface area (Å²) in [6.07, 6.45) is 0.282. The summed E-state index contributed by atoms with van der Waals surface area (Å²) in [7, 11) is 0. The molecule has 2 heterocycles. The van der Waals surface area contributed by atoms with Crippen LogP contribution in [-0.2, 0) is 11.2 Å². The summed E-state index contributed by atoms with van der Waals surface area (Å²) in [6, 6.07) is 3.30. The summed E-state index contributed by atoms with van der Waals surface area (Å²) in [5, 5.41) is 20.2. The van der Waals surface area contributed by atoms with Crippen LogP contribution < -0.4 is 5.73 Å². The third-order valence-corrected chi connectivity index (χ3v) is 1.91. The van der Waals surface area contributed by atoms with E-state index in [1.54, 1.807) is 12.1 Å². The van der Waals surface area contributed by atoms with Gasteiger partial charge in [-0.15, -0.1) is 15.3 Å². The van der Waals surface area contributed by atoms with Crippen LogP contribution in [0.25, 0.3) is 5.65 Å². The lowest BCUT2D eigenvalue weighted by Crippen LogP contribution is -2.04. The molecule has 2 aromatic heterocycles. The molecule has 0 amide bonds. The predicted molar refractivity (Wildman–Crippen MR) is 51.2 cm³/mol. The Labute approximate surface area is 84.5 Å². The molecule has 7 nitrogen and oxygen atoms in total. The zero-order chi connectivity index (χ0) is 10.8. The first-order valence-corrected chi connectivity index (χ1v) is 4.35. The Morgan fingerprint density at radius 2 is 2.27 bits per heavy atom.